The van der Waals surface area contributed by atoms with Crippen molar-refractivity contribution >= 4 is 10.9 Å². The summed E-state index contributed by atoms with van der Waals surface area (Å²) >= 11 is 0. The minimum absolute atomic E-state index is 0.209. The molecule has 0 amide bonds. The zero-order chi connectivity index (χ0) is 21.8. The molecule has 5 aromatic rings. The van der Waals surface area contributed by atoms with Crippen LogP contribution >= 0.6 is 0 Å². The molecule has 0 aliphatic heterocycles. The highest BCUT2D eigenvalue weighted by Gasteiger charge is 2.12. The topological polar surface area (TPSA) is 36.3 Å². The zero-order valence-corrected chi connectivity index (χ0v) is 17.3. The zero-order valence-electron chi connectivity index (χ0n) is 17.3. The Kier molecular flexibility index (Phi) is 5.54. The summed E-state index contributed by atoms with van der Waals surface area (Å²) in [6.45, 7) is 0.775. The van der Waals surface area contributed by atoms with Gasteiger partial charge in [-0.15, -0.1) is 0 Å². The largest absolute Gasteiger partial charge is 0.488 e. The van der Waals surface area contributed by atoms with Crippen LogP contribution in [0.4, 0.5) is 4.39 Å². The van der Waals surface area contributed by atoms with E-state index in [-0.39, 0.29) is 5.75 Å². The maximum absolute atomic E-state index is 14.7. The van der Waals surface area contributed by atoms with E-state index < -0.39 is 5.82 Å². The number of halogens is 1. The molecule has 158 valence electrons. The Morgan fingerprint density at radius 1 is 0.688 bits per heavy atom. The molecule has 0 N–H and O–H groups in total. The smallest absolute Gasteiger partial charge is 0.167 e. The quantitative estimate of drug-likeness (QED) is 0.307. The summed E-state index contributed by atoms with van der Waals surface area (Å²) in [6, 6.07) is 30.3. The van der Waals surface area contributed by atoms with Gasteiger partial charge in [-0.2, -0.15) is 5.10 Å². The molecule has 4 aromatic carbocycles. The standard InChI is InChI=1S/C27H21FN2O2/c28-24-16-22(14-15-27(24)32-19-21-10-5-2-6-11-21)30-25-12-7-13-26(23(25)17-29-30)31-18-20-8-3-1-4-9-20/h1-17H,18-19H2. The second-order valence-electron chi connectivity index (χ2n) is 7.41. The maximum Gasteiger partial charge on any atom is 0.167 e. The van der Waals surface area contributed by atoms with Crippen LogP contribution in [0.25, 0.3) is 16.6 Å². The number of hydrogen-bond acceptors (Lipinski definition) is 3. The van der Waals surface area contributed by atoms with E-state index >= 15 is 0 Å². The minimum Gasteiger partial charge on any atom is -0.488 e. The van der Waals surface area contributed by atoms with Crippen molar-refractivity contribution in [3.05, 3.63) is 120 Å². The van der Waals surface area contributed by atoms with Crippen molar-refractivity contribution in [2.45, 2.75) is 13.2 Å². The van der Waals surface area contributed by atoms with Gasteiger partial charge in [0.05, 0.1) is 22.8 Å². The van der Waals surface area contributed by atoms with E-state index in [9.17, 15) is 4.39 Å². The van der Waals surface area contributed by atoms with Crippen molar-refractivity contribution in [3.8, 4) is 17.2 Å². The highest BCUT2D eigenvalue weighted by atomic mass is 19.1. The average Bonchev–Trinajstić information content (AvgIpc) is 3.28. The monoisotopic (exact) mass is 424 g/mol. The SMILES string of the molecule is Fc1cc(-n2ncc3c(OCc4ccccc4)cccc32)ccc1OCc1ccccc1. The van der Waals surface area contributed by atoms with E-state index in [1.165, 1.54) is 6.07 Å². The number of rotatable bonds is 7. The van der Waals surface area contributed by atoms with Gasteiger partial charge in [0.15, 0.2) is 11.6 Å². The van der Waals surface area contributed by atoms with E-state index in [1.807, 2.05) is 78.9 Å². The fourth-order valence-corrected chi connectivity index (χ4v) is 3.57. The fourth-order valence-electron chi connectivity index (χ4n) is 3.57. The summed E-state index contributed by atoms with van der Waals surface area (Å²) in [6.07, 6.45) is 1.74. The van der Waals surface area contributed by atoms with Crippen molar-refractivity contribution in [1.82, 2.24) is 9.78 Å². The van der Waals surface area contributed by atoms with Crippen molar-refractivity contribution in [2.24, 2.45) is 0 Å². The van der Waals surface area contributed by atoms with Gasteiger partial charge >= 0.3 is 0 Å². The molecule has 0 fully saturated rings. The lowest BCUT2D eigenvalue weighted by atomic mass is 10.2. The van der Waals surface area contributed by atoms with Crippen LogP contribution in [0.5, 0.6) is 11.5 Å². The average molecular weight is 424 g/mol. The predicted octanol–water partition coefficient (Wildman–Crippen LogP) is 6.32. The minimum atomic E-state index is -0.432. The molecule has 4 nitrogen and oxygen atoms in total. The summed E-state index contributed by atoms with van der Waals surface area (Å²) in [4.78, 5) is 0. The molecule has 0 saturated heterocycles. The molecule has 32 heavy (non-hydrogen) atoms. The fraction of sp³-hybridized carbons (Fsp3) is 0.0741. The molecule has 0 unspecified atom stereocenters. The summed E-state index contributed by atoms with van der Waals surface area (Å²) in [7, 11) is 0. The van der Waals surface area contributed by atoms with Crippen LogP contribution < -0.4 is 9.47 Å². The molecule has 0 bridgehead atoms. The Morgan fingerprint density at radius 2 is 1.34 bits per heavy atom. The first-order valence-corrected chi connectivity index (χ1v) is 10.4. The molecule has 0 aliphatic rings. The molecule has 0 saturated carbocycles. The molecule has 0 spiro atoms. The van der Waals surface area contributed by atoms with Crippen LogP contribution in [-0.2, 0) is 13.2 Å². The van der Waals surface area contributed by atoms with Crippen molar-refractivity contribution in [2.75, 3.05) is 0 Å². The van der Waals surface area contributed by atoms with Crippen LogP contribution in [0.15, 0.2) is 103 Å². The van der Waals surface area contributed by atoms with Crippen LogP contribution in [0, 0.1) is 5.82 Å². The number of hydrogen-bond donors (Lipinski definition) is 0. The van der Waals surface area contributed by atoms with Crippen LogP contribution in [0.2, 0.25) is 0 Å². The lowest BCUT2D eigenvalue weighted by molar-refractivity contribution is 0.290. The molecule has 0 radical (unpaired) electrons. The number of aromatic nitrogens is 2. The predicted molar refractivity (Wildman–Crippen MR) is 123 cm³/mol. The lowest BCUT2D eigenvalue weighted by Gasteiger charge is -2.10. The van der Waals surface area contributed by atoms with Gasteiger partial charge in [-0.3, -0.25) is 0 Å². The first kappa shape index (κ1) is 19.8. The van der Waals surface area contributed by atoms with Gasteiger partial charge in [-0.05, 0) is 35.4 Å². The van der Waals surface area contributed by atoms with Crippen LogP contribution in [0.1, 0.15) is 11.1 Å². The van der Waals surface area contributed by atoms with E-state index in [1.54, 1.807) is 23.0 Å². The molecule has 5 heteroatoms. The summed E-state index contributed by atoms with van der Waals surface area (Å²) < 4.78 is 28.1. The van der Waals surface area contributed by atoms with E-state index in [0.29, 0.717) is 18.9 Å². The molecule has 0 atom stereocenters. The van der Waals surface area contributed by atoms with Gasteiger partial charge < -0.3 is 9.47 Å². The van der Waals surface area contributed by atoms with Gasteiger partial charge in [-0.1, -0.05) is 66.7 Å². The summed E-state index contributed by atoms with van der Waals surface area (Å²) in [5.74, 6) is 0.514. The van der Waals surface area contributed by atoms with E-state index in [2.05, 4.69) is 5.10 Å². The normalized spacial score (nSPS) is 10.9. The third-order valence-corrected chi connectivity index (χ3v) is 5.21. The molecule has 1 heterocycles. The van der Waals surface area contributed by atoms with Crippen LogP contribution in [-0.4, -0.2) is 9.78 Å². The molecule has 0 aliphatic carbocycles. The first-order valence-electron chi connectivity index (χ1n) is 10.4. The van der Waals surface area contributed by atoms with Gasteiger partial charge in [0.1, 0.15) is 19.0 Å². The molecule has 5 rings (SSSR count). The summed E-state index contributed by atoms with van der Waals surface area (Å²) in [5, 5.41) is 5.34. The Bertz CT molecular complexity index is 1330. The van der Waals surface area contributed by atoms with Crippen molar-refractivity contribution in [1.29, 1.82) is 0 Å². The lowest BCUT2D eigenvalue weighted by Crippen LogP contribution is -2.00. The first-order chi connectivity index (χ1) is 15.8. The maximum atomic E-state index is 14.7. The number of fused-ring (bicyclic) bond motifs is 1. The number of ether oxygens (including phenoxy) is 2. The second kappa shape index (κ2) is 8.94. The van der Waals surface area contributed by atoms with Crippen molar-refractivity contribution < 1.29 is 13.9 Å². The van der Waals surface area contributed by atoms with Gasteiger partial charge in [0, 0.05) is 6.07 Å². The molecular formula is C27H21FN2O2. The third-order valence-electron chi connectivity index (χ3n) is 5.21. The number of nitrogens with zero attached hydrogens (tertiary/aromatic N) is 2. The van der Waals surface area contributed by atoms with Gasteiger partial charge in [0.25, 0.3) is 0 Å². The second-order valence-corrected chi connectivity index (χ2v) is 7.41. The number of benzene rings is 4. The molecule has 1 aromatic heterocycles. The van der Waals surface area contributed by atoms with E-state index in [0.717, 1.165) is 27.8 Å². The van der Waals surface area contributed by atoms with Crippen molar-refractivity contribution in [3.63, 3.8) is 0 Å². The Labute approximate surface area is 185 Å². The Hall–Kier alpha value is -4.12. The highest BCUT2D eigenvalue weighted by Crippen LogP contribution is 2.29. The van der Waals surface area contributed by atoms with Crippen LogP contribution in [0.3, 0.4) is 0 Å². The van der Waals surface area contributed by atoms with Gasteiger partial charge in [-0.25, -0.2) is 9.07 Å². The third kappa shape index (κ3) is 4.18. The Morgan fingerprint density at radius 3 is 2.00 bits per heavy atom. The van der Waals surface area contributed by atoms with E-state index in [4.69, 9.17) is 9.47 Å². The summed E-state index contributed by atoms with van der Waals surface area (Å²) in [5.41, 5.74) is 3.53. The highest BCUT2D eigenvalue weighted by molar-refractivity contribution is 5.86. The molecular weight excluding hydrogens is 403 g/mol. The Balaban J connectivity index is 1.37. The van der Waals surface area contributed by atoms with Gasteiger partial charge in [0.2, 0.25) is 0 Å².